The lowest BCUT2D eigenvalue weighted by Gasteiger charge is -2.31. The number of rotatable bonds is 12. The first-order chi connectivity index (χ1) is 38.9. The van der Waals surface area contributed by atoms with Crippen LogP contribution in [-0.4, -0.2) is 36.6 Å². The molecule has 0 unspecified atom stereocenters. The van der Waals surface area contributed by atoms with Crippen LogP contribution in [0.1, 0.15) is 25.0 Å². The Kier molecular flexibility index (Phi) is 11.9. The quantitative estimate of drug-likeness (QED) is 0.120. The molecule has 0 bridgehead atoms. The van der Waals surface area contributed by atoms with Gasteiger partial charge < -0.3 is 19.7 Å². The van der Waals surface area contributed by atoms with Gasteiger partial charge in [0.2, 0.25) is 0 Å². The van der Waals surface area contributed by atoms with E-state index in [1.54, 1.807) is 0 Å². The number of hydrogen-bond acceptors (Lipinski definition) is 4. The number of ether oxygens (including phenoxy) is 2. The van der Waals surface area contributed by atoms with Crippen molar-refractivity contribution in [2.75, 3.05) is 26.4 Å². The van der Waals surface area contributed by atoms with Crippen LogP contribution in [0.3, 0.4) is 0 Å². The molecule has 0 fully saturated rings. The third-order valence-corrected chi connectivity index (χ3v) is 16.5. The molecule has 14 aromatic carbocycles. The van der Waals surface area contributed by atoms with Crippen molar-refractivity contribution in [1.29, 1.82) is 0 Å². The summed E-state index contributed by atoms with van der Waals surface area (Å²) in [5, 5.41) is 39.6. The molecule has 4 heteroatoms. The van der Waals surface area contributed by atoms with Gasteiger partial charge in [-0.1, -0.05) is 208 Å². The minimum atomic E-state index is -0.698. The number of fused-ring (bicyclic) bond motifs is 12. The SMILES string of the molecule is CC(C)(c1cc(-c2cc3ccccc3c3ccccc23)c(OCCO)c(-c2cc3ccccc3c3ccccc23)c1)c1cc(-c2cc3ccccc3c3ccccc23)c(OCCO)c(-c2cc3ccccc3c3ccccc23)c1. The molecule has 0 saturated heterocycles. The lowest BCUT2D eigenvalue weighted by molar-refractivity contribution is 0.202. The summed E-state index contributed by atoms with van der Waals surface area (Å²) >= 11 is 0. The summed E-state index contributed by atoms with van der Waals surface area (Å²) in [7, 11) is 0. The van der Waals surface area contributed by atoms with Crippen LogP contribution in [0, 0.1) is 0 Å². The summed E-state index contributed by atoms with van der Waals surface area (Å²) in [4.78, 5) is 0. The average molecular weight is 1020 g/mol. The first kappa shape index (κ1) is 48.1. The largest absolute Gasteiger partial charge is 0.490 e. The number of aliphatic hydroxyl groups excluding tert-OH is 2. The van der Waals surface area contributed by atoms with Crippen molar-refractivity contribution in [3.05, 3.63) is 254 Å². The van der Waals surface area contributed by atoms with E-state index in [-0.39, 0.29) is 26.4 Å². The Morgan fingerprint density at radius 3 is 0.722 bits per heavy atom. The molecule has 2 N–H and O–H groups in total. The lowest BCUT2D eigenvalue weighted by Crippen LogP contribution is -2.20. The van der Waals surface area contributed by atoms with E-state index in [4.69, 9.17) is 9.47 Å². The van der Waals surface area contributed by atoms with Crippen LogP contribution in [0.25, 0.3) is 131 Å². The monoisotopic (exact) mass is 1020 g/mol. The highest BCUT2D eigenvalue weighted by Crippen LogP contribution is 2.53. The molecule has 380 valence electrons. The molecule has 0 radical (unpaired) electrons. The third-order valence-electron chi connectivity index (χ3n) is 16.5. The highest BCUT2D eigenvalue weighted by atomic mass is 16.5. The zero-order valence-corrected chi connectivity index (χ0v) is 44.1. The van der Waals surface area contributed by atoms with E-state index in [0.29, 0.717) is 11.5 Å². The normalized spacial score (nSPS) is 12.0. The Morgan fingerprint density at radius 1 is 0.266 bits per heavy atom. The Morgan fingerprint density at radius 2 is 0.481 bits per heavy atom. The van der Waals surface area contributed by atoms with Crippen LogP contribution in [-0.2, 0) is 5.41 Å². The molecule has 79 heavy (non-hydrogen) atoms. The first-order valence-corrected chi connectivity index (χ1v) is 27.4. The Hall–Kier alpha value is -9.32. The van der Waals surface area contributed by atoms with Gasteiger partial charge in [0.1, 0.15) is 24.7 Å². The minimum absolute atomic E-state index is 0.112. The van der Waals surface area contributed by atoms with Crippen molar-refractivity contribution >= 4 is 86.2 Å². The van der Waals surface area contributed by atoms with Gasteiger partial charge in [-0.3, -0.25) is 0 Å². The highest BCUT2D eigenvalue weighted by Gasteiger charge is 2.32. The molecule has 0 aliphatic heterocycles. The van der Waals surface area contributed by atoms with E-state index in [0.717, 1.165) is 120 Å². The minimum Gasteiger partial charge on any atom is -0.490 e. The van der Waals surface area contributed by atoms with Crippen LogP contribution < -0.4 is 9.47 Å². The van der Waals surface area contributed by atoms with E-state index >= 15 is 0 Å². The topological polar surface area (TPSA) is 58.9 Å². The van der Waals surface area contributed by atoms with Crippen molar-refractivity contribution in [3.63, 3.8) is 0 Å². The van der Waals surface area contributed by atoms with Gasteiger partial charge in [0.15, 0.2) is 0 Å². The van der Waals surface area contributed by atoms with Crippen LogP contribution in [0.5, 0.6) is 11.5 Å². The fourth-order valence-electron chi connectivity index (χ4n) is 12.7. The molecule has 14 rings (SSSR count). The van der Waals surface area contributed by atoms with E-state index in [1.807, 2.05) is 0 Å². The van der Waals surface area contributed by atoms with Crippen molar-refractivity contribution in [2.24, 2.45) is 0 Å². The summed E-state index contributed by atoms with van der Waals surface area (Å²) < 4.78 is 14.0. The molecule has 0 aromatic heterocycles. The van der Waals surface area contributed by atoms with E-state index in [9.17, 15) is 10.2 Å². The van der Waals surface area contributed by atoms with Gasteiger partial charge in [-0.05, 0) is 168 Å². The summed E-state index contributed by atoms with van der Waals surface area (Å²) in [6, 6.07) is 87.9. The van der Waals surface area contributed by atoms with Gasteiger partial charge in [0.05, 0.1) is 13.2 Å². The number of benzene rings is 14. The zero-order valence-electron chi connectivity index (χ0n) is 44.1. The smallest absolute Gasteiger partial charge is 0.135 e. The summed E-state index contributed by atoms with van der Waals surface area (Å²) in [5.41, 5.74) is 9.42. The second kappa shape index (κ2) is 19.6. The number of aliphatic hydroxyl groups is 2. The molecule has 0 saturated carbocycles. The maximum atomic E-state index is 10.6. The molecule has 4 nitrogen and oxygen atoms in total. The Labute approximate surface area is 459 Å². The first-order valence-electron chi connectivity index (χ1n) is 27.4. The third kappa shape index (κ3) is 8.06. The van der Waals surface area contributed by atoms with Crippen molar-refractivity contribution < 1.29 is 19.7 Å². The zero-order chi connectivity index (χ0) is 53.2. The van der Waals surface area contributed by atoms with Gasteiger partial charge >= 0.3 is 0 Å². The Balaban J connectivity index is 1.13. The van der Waals surface area contributed by atoms with Gasteiger partial charge in [-0.2, -0.15) is 0 Å². The molecular weight excluding hydrogens is 965 g/mol. The number of hydrogen-bond donors (Lipinski definition) is 2. The molecule has 0 aliphatic rings. The second-order valence-corrected chi connectivity index (χ2v) is 21.3. The maximum Gasteiger partial charge on any atom is 0.135 e. The van der Waals surface area contributed by atoms with Crippen molar-refractivity contribution in [2.45, 2.75) is 19.3 Å². The standard InChI is InChI=1S/C75H56O4/c1-75(2,51-43-69(65-39-47-19-3-7-23-53(47)57-27-11-15-31-61(57)65)73(78-37-35-76)70(44-51)66-40-48-20-4-8-24-54(48)58-28-12-16-32-62(58)66)52-45-71(67-41-49-21-5-9-25-55(49)59-29-13-17-33-63(59)67)74(79-38-36-77)72(46-52)68-42-50-22-6-10-26-56(50)60-30-14-18-34-64(60)68/h3-34,39-46,76-77H,35-38H2,1-2H3. The molecule has 0 aliphatic carbocycles. The molecule has 0 amide bonds. The van der Waals surface area contributed by atoms with Gasteiger partial charge in [-0.25, -0.2) is 0 Å². The molecule has 0 spiro atoms. The summed E-state index contributed by atoms with van der Waals surface area (Å²) in [6.45, 7) is 4.62. The van der Waals surface area contributed by atoms with E-state index in [2.05, 4.69) is 257 Å². The predicted molar refractivity (Wildman–Crippen MR) is 332 cm³/mol. The van der Waals surface area contributed by atoms with Gasteiger partial charge in [-0.15, -0.1) is 0 Å². The second-order valence-electron chi connectivity index (χ2n) is 21.3. The van der Waals surface area contributed by atoms with Crippen molar-refractivity contribution in [1.82, 2.24) is 0 Å². The fourth-order valence-corrected chi connectivity index (χ4v) is 12.7. The van der Waals surface area contributed by atoms with Crippen LogP contribution in [0.4, 0.5) is 0 Å². The summed E-state index contributed by atoms with van der Waals surface area (Å²) in [5.74, 6) is 1.43. The van der Waals surface area contributed by atoms with Gasteiger partial charge in [0, 0.05) is 27.7 Å². The predicted octanol–water partition coefficient (Wildman–Crippen LogP) is 18.6. The highest BCUT2D eigenvalue weighted by molar-refractivity contribution is 6.19. The lowest BCUT2D eigenvalue weighted by atomic mass is 9.73. The molecular formula is C75H56O4. The maximum absolute atomic E-state index is 10.6. The van der Waals surface area contributed by atoms with Crippen LogP contribution in [0.2, 0.25) is 0 Å². The van der Waals surface area contributed by atoms with Crippen LogP contribution in [0.15, 0.2) is 243 Å². The van der Waals surface area contributed by atoms with Gasteiger partial charge in [0.25, 0.3) is 0 Å². The fraction of sp³-hybridized carbons (Fsp3) is 0.0933. The van der Waals surface area contributed by atoms with Crippen LogP contribution >= 0.6 is 0 Å². The Bertz CT molecular complexity index is 4160. The van der Waals surface area contributed by atoms with E-state index < -0.39 is 5.41 Å². The average Bonchev–Trinajstić information content (AvgIpc) is 3.68. The molecule has 14 aromatic rings. The molecule has 0 heterocycles. The van der Waals surface area contributed by atoms with Crippen molar-refractivity contribution in [3.8, 4) is 56.0 Å². The molecule has 0 atom stereocenters. The van der Waals surface area contributed by atoms with E-state index in [1.165, 1.54) is 21.5 Å². The summed E-state index contributed by atoms with van der Waals surface area (Å²) in [6.07, 6.45) is 0.